The van der Waals surface area contributed by atoms with Gasteiger partial charge in [0.2, 0.25) is 0 Å². The predicted molar refractivity (Wildman–Crippen MR) is 27.1 cm³/mol. The predicted octanol–water partition coefficient (Wildman–Crippen LogP) is 6.76. The zero-order valence-corrected chi connectivity index (χ0v) is 9.09. The molecule has 0 spiro atoms. The fourth-order valence-electron chi connectivity index (χ4n) is 0. The fourth-order valence-corrected chi connectivity index (χ4v) is 0. The van der Waals surface area contributed by atoms with E-state index in [0.717, 1.165) is 0 Å². The van der Waals surface area contributed by atoms with Crippen LogP contribution in [0, 0.1) is 0 Å². The van der Waals surface area contributed by atoms with Crippen LogP contribution >= 0.6 is 15.6 Å². The van der Waals surface area contributed by atoms with Crippen molar-refractivity contribution in [2.24, 2.45) is 0 Å². The van der Waals surface area contributed by atoms with Crippen molar-refractivity contribution in [2.75, 3.05) is 0 Å². The van der Waals surface area contributed by atoms with Gasteiger partial charge in [-0.15, -0.1) is 0 Å². The maximum Gasteiger partial charge on any atom is 2.00 e. The molecule has 15 heteroatoms. The Kier molecular flexibility index (Phi) is 4.09. The van der Waals surface area contributed by atoms with Gasteiger partial charge < -0.3 is 0 Å². The first-order valence-corrected chi connectivity index (χ1v) is 6.09. The Morgan fingerprint density at radius 1 is 0.333 bits per heavy atom. The van der Waals surface area contributed by atoms with Crippen molar-refractivity contribution >= 4 is 15.6 Å². The molecule has 0 aliphatic heterocycles. The monoisotopic (exact) mass is 396 g/mol. The largest absolute Gasteiger partial charge is 2.00 e. The molecule has 0 aromatic heterocycles. The molecule has 0 aliphatic carbocycles. The number of halogens is 12. The maximum absolute atomic E-state index is 10.7. The van der Waals surface area contributed by atoms with E-state index >= 15 is 0 Å². The molecular weight excluding hydrogens is 396 g/mol. The molecule has 0 heterocycles. The van der Waals surface area contributed by atoms with Crippen LogP contribution in [0.5, 0.6) is 0 Å². The van der Waals surface area contributed by atoms with Crippen LogP contribution in [0.3, 0.4) is 0 Å². The van der Waals surface area contributed by atoms with E-state index in [4.69, 9.17) is 0 Å². The summed E-state index contributed by atoms with van der Waals surface area (Å²) in [6.45, 7) is 0. The number of rotatable bonds is 0. The molecule has 0 nitrogen and oxygen atoms in total. The summed E-state index contributed by atoms with van der Waals surface area (Å²) in [4.78, 5) is 0. The van der Waals surface area contributed by atoms with Crippen molar-refractivity contribution in [1.29, 1.82) is 0 Å². The topological polar surface area (TPSA) is 0 Å². The summed E-state index contributed by atoms with van der Waals surface area (Å²) >= 11 is 0. The molecule has 0 unspecified atom stereocenters. The molecule has 15 heavy (non-hydrogen) atoms. The summed E-state index contributed by atoms with van der Waals surface area (Å²) in [6.07, 6.45) is 0. The molecule has 0 atom stereocenters. The standard InChI is InChI=1S/2F6P.Pd/c2*1-7(2,3,4,5)6;/q2*-1;+2. The van der Waals surface area contributed by atoms with Gasteiger partial charge in [0.25, 0.3) is 0 Å². The minimum Gasteiger partial charge on any atom is 2.00 e. The summed E-state index contributed by atoms with van der Waals surface area (Å²) in [5, 5.41) is 0. The van der Waals surface area contributed by atoms with E-state index in [1.54, 1.807) is 0 Å². The molecule has 0 aliphatic rings. The van der Waals surface area contributed by atoms with Gasteiger partial charge >= 0.3 is 86.4 Å². The fraction of sp³-hybridized carbons (Fsp3) is 0. The molecule has 0 saturated heterocycles. The summed E-state index contributed by atoms with van der Waals surface area (Å²) < 4.78 is 118. The number of hydrogen-bond acceptors (Lipinski definition) is 0. The Labute approximate surface area is 87.1 Å². The zero-order valence-electron chi connectivity index (χ0n) is 5.75. The van der Waals surface area contributed by atoms with E-state index in [0.29, 0.717) is 0 Å². The second-order valence-corrected chi connectivity index (χ2v) is 5.75. The van der Waals surface area contributed by atoms with Crippen molar-refractivity contribution in [3.05, 3.63) is 0 Å². The Bertz CT molecular complexity index is 161. The molecular formula is F12P2Pd. The van der Waals surface area contributed by atoms with Crippen LogP contribution in [0.4, 0.5) is 50.4 Å². The molecule has 0 bridgehead atoms. The average Bonchev–Trinajstić information content (AvgIpc) is 0.938. The molecule has 0 radical (unpaired) electrons. The van der Waals surface area contributed by atoms with Crippen LogP contribution in [0.2, 0.25) is 0 Å². The molecule has 0 amide bonds. The van der Waals surface area contributed by atoms with Gasteiger partial charge in [0.15, 0.2) is 0 Å². The van der Waals surface area contributed by atoms with Crippen LogP contribution in [0.1, 0.15) is 0 Å². The van der Waals surface area contributed by atoms with E-state index in [1.807, 2.05) is 0 Å². The Morgan fingerprint density at radius 3 is 0.333 bits per heavy atom. The molecule has 0 fully saturated rings. The first-order valence-electron chi connectivity index (χ1n) is 2.03. The van der Waals surface area contributed by atoms with Gasteiger partial charge in [-0.25, -0.2) is 0 Å². The Balaban J connectivity index is -0.000000180. The third-order valence-electron chi connectivity index (χ3n) is 0. The molecule has 0 aromatic rings. The second kappa shape index (κ2) is 2.92. The van der Waals surface area contributed by atoms with E-state index in [-0.39, 0.29) is 20.4 Å². The summed E-state index contributed by atoms with van der Waals surface area (Å²) in [6, 6.07) is 0. The van der Waals surface area contributed by atoms with Crippen molar-refractivity contribution in [3.8, 4) is 0 Å². The molecule has 104 valence electrons. The van der Waals surface area contributed by atoms with E-state index in [9.17, 15) is 50.4 Å². The van der Waals surface area contributed by atoms with Crippen molar-refractivity contribution in [2.45, 2.75) is 0 Å². The average molecular weight is 396 g/mol. The third kappa shape index (κ3) is 5070. The van der Waals surface area contributed by atoms with Crippen molar-refractivity contribution in [3.63, 3.8) is 0 Å². The number of hydrogen-bond donors (Lipinski definition) is 0. The van der Waals surface area contributed by atoms with E-state index in [2.05, 4.69) is 0 Å². The quantitative estimate of drug-likeness (QED) is 0.241. The van der Waals surface area contributed by atoms with Crippen LogP contribution in [0.25, 0.3) is 0 Å². The van der Waals surface area contributed by atoms with Gasteiger partial charge in [-0.3, -0.25) is 0 Å². The molecule has 0 N–H and O–H groups in total. The summed E-state index contributed by atoms with van der Waals surface area (Å²) in [7, 11) is -21.3. The van der Waals surface area contributed by atoms with Gasteiger partial charge in [-0.1, -0.05) is 0 Å². The van der Waals surface area contributed by atoms with Gasteiger partial charge in [0.1, 0.15) is 0 Å². The first kappa shape index (κ1) is 21.0. The van der Waals surface area contributed by atoms with Crippen LogP contribution in [0.15, 0.2) is 0 Å². The van der Waals surface area contributed by atoms with Crippen molar-refractivity contribution < 1.29 is 70.8 Å². The van der Waals surface area contributed by atoms with Gasteiger partial charge in [-0.05, 0) is 0 Å². The SMILES string of the molecule is F[P-](F)(F)(F)(F)F.F[P-](F)(F)(F)(F)F.[Pd+2]. The summed E-state index contributed by atoms with van der Waals surface area (Å²) in [5.41, 5.74) is 0. The minimum atomic E-state index is -10.7. The maximum atomic E-state index is 9.87. The molecule has 0 rings (SSSR count). The smallest absolute Gasteiger partial charge is 2.00 e. The summed E-state index contributed by atoms with van der Waals surface area (Å²) in [5.74, 6) is 0. The minimum absolute atomic E-state index is 0. The zero-order chi connectivity index (χ0) is 12.8. The normalized spacial score (nSPS) is 21.6. The van der Waals surface area contributed by atoms with Gasteiger partial charge in [0, 0.05) is 0 Å². The third-order valence-corrected chi connectivity index (χ3v) is 0. The second-order valence-electron chi connectivity index (χ2n) is 1.92. The Hall–Kier alpha value is 0.682. The Morgan fingerprint density at radius 2 is 0.333 bits per heavy atom. The first-order chi connectivity index (χ1) is 4.90. The van der Waals surface area contributed by atoms with Gasteiger partial charge in [0.05, 0.1) is 0 Å². The van der Waals surface area contributed by atoms with Crippen molar-refractivity contribution in [1.82, 2.24) is 0 Å². The van der Waals surface area contributed by atoms with Crippen LogP contribution in [-0.2, 0) is 20.4 Å². The van der Waals surface area contributed by atoms with E-state index in [1.165, 1.54) is 0 Å². The van der Waals surface area contributed by atoms with Gasteiger partial charge in [-0.2, -0.15) is 0 Å². The van der Waals surface area contributed by atoms with E-state index < -0.39 is 15.6 Å². The molecule has 0 saturated carbocycles. The van der Waals surface area contributed by atoms with Crippen LogP contribution in [-0.4, -0.2) is 0 Å². The van der Waals surface area contributed by atoms with Crippen LogP contribution < -0.4 is 0 Å². The molecule has 0 aromatic carbocycles.